The van der Waals surface area contributed by atoms with Gasteiger partial charge in [0.1, 0.15) is 18.3 Å². The Labute approximate surface area is 210 Å². The Morgan fingerprint density at radius 2 is 1.19 bits per heavy atom. The summed E-state index contributed by atoms with van der Waals surface area (Å²) in [5.41, 5.74) is 2.83. The second-order valence-corrected chi connectivity index (χ2v) is 8.62. The summed E-state index contributed by atoms with van der Waals surface area (Å²) in [7, 11) is 0. The van der Waals surface area contributed by atoms with Crippen molar-refractivity contribution in [3.8, 4) is 0 Å². The highest BCUT2D eigenvalue weighted by Crippen LogP contribution is 2.31. The number of carbonyl (C=O) groups excluding carboxylic acids is 1. The monoisotopic (exact) mass is 494 g/mol. The summed E-state index contributed by atoms with van der Waals surface area (Å²) in [6.45, 7) is 2.09. The first-order valence-electron chi connectivity index (χ1n) is 12.0. The number of rotatable bonds is 11. The van der Waals surface area contributed by atoms with Gasteiger partial charge in [0.15, 0.2) is 6.10 Å². The van der Waals surface area contributed by atoms with Crippen molar-refractivity contribution in [3.05, 3.63) is 108 Å². The van der Waals surface area contributed by atoms with Crippen LogP contribution in [-0.2, 0) is 48.3 Å². The lowest BCUT2D eigenvalue weighted by atomic mass is 9.98. The zero-order valence-corrected chi connectivity index (χ0v) is 20.2. The Morgan fingerprint density at radius 3 is 1.69 bits per heavy atom. The first kappa shape index (κ1) is 26.0. The number of hydrogen-bond acceptors (Lipinski definition) is 6. The van der Waals surface area contributed by atoms with Gasteiger partial charge in [-0.2, -0.15) is 0 Å². The summed E-state index contributed by atoms with van der Waals surface area (Å²) >= 11 is 0. The predicted molar refractivity (Wildman–Crippen MR) is 131 cm³/mol. The van der Waals surface area contributed by atoms with Crippen LogP contribution in [0.4, 0.5) is 4.39 Å². The van der Waals surface area contributed by atoms with Gasteiger partial charge in [-0.3, -0.25) is 4.79 Å². The van der Waals surface area contributed by atoms with Gasteiger partial charge in [0, 0.05) is 6.92 Å². The van der Waals surface area contributed by atoms with Gasteiger partial charge >= 0.3 is 5.97 Å². The number of ether oxygens (including phenoxy) is 5. The van der Waals surface area contributed by atoms with Gasteiger partial charge in [0.25, 0.3) is 0 Å². The minimum absolute atomic E-state index is 0.0761. The molecule has 4 rings (SSSR count). The standard InChI is InChI=1S/C29H31FO6/c1-21(31)35-28-27(34-19-24-15-9-4-10-16-24)26(33-18-23-13-7-3-8-14-23)25(36-29(28)30)20-32-17-22-11-5-2-6-12-22/h2-16,25-29H,17-20H2,1H3/t25-,26-,27+,28-,29-/m1/s1. The Bertz CT molecular complexity index is 1050. The Balaban J connectivity index is 1.53. The topological polar surface area (TPSA) is 63.2 Å². The quantitative estimate of drug-likeness (QED) is 0.350. The summed E-state index contributed by atoms with van der Waals surface area (Å²) in [4.78, 5) is 11.8. The molecule has 7 heteroatoms. The highest BCUT2D eigenvalue weighted by Gasteiger charge is 2.50. The molecule has 1 aliphatic rings. The maximum absolute atomic E-state index is 15.2. The van der Waals surface area contributed by atoms with Gasteiger partial charge in [0.2, 0.25) is 6.36 Å². The molecule has 0 saturated carbocycles. The van der Waals surface area contributed by atoms with Crippen LogP contribution in [0.25, 0.3) is 0 Å². The van der Waals surface area contributed by atoms with Crippen molar-refractivity contribution < 1.29 is 32.9 Å². The lowest BCUT2D eigenvalue weighted by Gasteiger charge is -2.43. The van der Waals surface area contributed by atoms with Crippen molar-refractivity contribution >= 4 is 5.97 Å². The highest BCUT2D eigenvalue weighted by atomic mass is 19.1. The summed E-state index contributed by atoms with van der Waals surface area (Å²) in [6, 6.07) is 28.8. The molecule has 1 saturated heterocycles. The maximum Gasteiger partial charge on any atom is 0.303 e. The summed E-state index contributed by atoms with van der Waals surface area (Å²) < 4.78 is 44.5. The molecule has 1 fully saturated rings. The first-order valence-corrected chi connectivity index (χ1v) is 12.0. The molecule has 190 valence electrons. The van der Waals surface area contributed by atoms with E-state index in [2.05, 4.69) is 0 Å². The SMILES string of the molecule is CC(=O)O[C@@H]1[C@@H](OCc2ccccc2)[C@H](OCc2ccccc2)[C@@H](COCc2ccccc2)O[C@H]1F. The molecule has 0 N–H and O–H groups in total. The van der Waals surface area contributed by atoms with Gasteiger partial charge in [-0.15, -0.1) is 0 Å². The van der Waals surface area contributed by atoms with Gasteiger partial charge in [-0.25, -0.2) is 4.39 Å². The number of alkyl halides is 1. The molecule has 0 radical (unpaired) electrons. The number of esters is 1. The Hall–Kier alpha value is -3.10. The zero-order valence-electron chi connectivity index (χ0n) is 20.2. The van der Waals surface area contributed by atoms with Crippen LogP contribution in [0.1, 0.15) is 23.6 Å². The molecule has 1 heterocycles. The third-order valence-corrected chi connectivity index (χ3v) is 5.84. The molecule has 0 unspecified atom stereocenters. The fraction of sp³-hybridized carbons (Fsp3) is 0.345. The second-order valence-electron chi connectivity index (χ2n) is 8.62. The third-order valence-electron chi connectivity index (χ3n) is 5.84. The Kier molecular flexibility index (Phi) is 9.58. The molecular weight excluding hydrogens is 463 g/mol. The molecule has 5 atom stereocenters. The number of benzene rings is 3. The molecule has 0 bridgehead atoms. The van der Waals surface area contributed by atoms with Crippen LogP contribution >= 0.6 is 0 Å². The fourth-order valence-corrected chi connectivity index (χ4v) is 4.11. The van der Waals surface area contributed by atoms with Crippen molar-refractivity contribution in [1.29, 1.82) is 0 Å². The fourth-order valence-electron chi connectivity index (χ4n) is 4.11. The van der Waals surface area contributed by atoms with E-state index in [1.165, 1.54) is 6.92 Å². The van der Waals surface area contributed by atoms with Crippen molar-refractivity contribution in [2.24, 2.45) is 0 Å². The molecule has 0 spiro atoms. The van der Waals surface area contributed by atoms with E-state index in [0.29, 0.717) is 6.61 Å². The molecular formula is C29H31FO6. The highest BCUT2D eigenvalue weighted by molar-refractivity contribution is 5.66. The van der Waals surface area contributed by atoms with Crippen LogP contribution in [-0.4, -0.2) is 43.3 Å². The first-order chi connectivity index (χ1) is 17.6. The van der Waals surface area contributed by atoms with Gasteiger partial charge in [-0.05, 0) is 16.7 Å². The van der Waals surface area contributed by atoms with E-state index >= 15 is 4.39 Å². The summed E-state index contributed by atoms with van der Waals surface area (Å²) in [5.74, 6) is -0.625. The van der Waals surface area contributed by atoms with Gasteiger partial charge in [0.05, 0.1) is 26.4 Å². The van der Waals surface area contributed by atoms with Crippen molar-refractivity contribution in [1.82, 2.24) is 0 Å². The smallest absolute Gasteiger partial charge is 0.303 e. The van der Waals surface area contributed by atoms with E-state index in [1.54, 1.807) is 0 Å². The zero-order chi connectivity index (χ0) is 25.2. The van der Waals surface area contributed by atoms with Crippen LogP contribution in [0.15, 0.2) is 91.0 Å². The molecule has 0 aliphatic carbocycles. The summed E-state index contributed by atoms with van der Waals surface area (Å²) in [5, 5.41) is 0. The molecule has 1 aliphatic heterocycles. The van der Waals surface area contributed by atoms with Crippen LogP contribution < -0.4 is 0 Å². The average Bonchev–Trinajstić information content (AvgIpc) is 2.90. The second kappa shape index (κ2) is 13.3. The van der Waals surface area contributed by atoms with Crippen LogP contribution in [0.5, 0.6) is 0 Å². The molecule has 3 aromatic rings. The normalized spacial score (nSPS) is 23.8. The predicted octanol–water partition coefficient (Wildman–Crippen LogP) is 5.00. The van der Waals surface area contributed by atoms with E-state index in [4.69, 9.17) is 23.7 Å². The lowest BCUT2D eigenvalue weighted by molar-refractivity contribution is -0.291. The van der Waals surface area contributed by atoms with Crippen LogP contribution in [0.3, 0.4) is 0 Å². The van der Waals surface area contributed by atoms with E-state index in [9.17, 15) is 4.79 Å². The average molecular weight is 495 g/mol. The minimum atomic E-state index is -1.89. The van der Waals surface area contributed by atoms with E-state index < -0.39 is 36.7 Å². The van der Waals surface area contributed by atoms with Crippen molar-refractivity contribution in [3.63, 3.8) is 0 Å². The number of carbonyl (C=O) groups is 1. The van der Waals surface area contributed by atoms with Crippen LogP contribution in [0, 0.1) is 0 Å². The lowest BCUT2D eigenvalue weighted by Crippen LogP contribution is -2.60. The third kappa shape index (κ3) is 7.45. The molecule has 6 nitrogen and oxygen atoms in total. The maximum atomic E-state index is 15.2. The molecule has 36 heavy (non-hydrogen) atoms. The number of hydrogen-bond donors (Lipinski definition) is 0. The molecule has 3 aromatic carbocycles. The molecule has 0 aromatic heterocycles. The van der Waals surface area contributed by atoms with E-state index in [0.717, 1.165) is 16.7 Å². The minimum Gasteiger partial charge on any atom is -0.454 e. The van der Waals surface area contributed by atoms with Gasteiger partial charge in [-0.1, -0.05) is 91.0 Å². The van der Waals surface area contributed by atoms with E-state index in [1.807, 2.05) is 91.0 Å². The largest absolute Gasteiger partial charge is 0.454 e. The van der Waals surface area contributed by atoms with Crippen LogP contribution in [0.2, 0.25) is 0 Å². The molecule has 0 amide bonds. The van der Waals surface area contributed by atoms with Crippen molar-refractivity contribution in [2.45, 2.75) is 57.5 Å². The van der Waals surface area contributed by atoms with Gasteiger partial charge < -0.3 is 23.7 Å². The van der Waals surface area contributed by atoms with Crippen molar-refractivity contribution in [2.75, 3.05) is 6.61 Å². The van der Waals surface area contributed by atoms with E-state index in [-0.39, 0.29) is 19.8 Å². The number of halogens is 1. The Morgan fingerprint density at radius 1 is 0.722 bits per heavy atom. The summed E-state index contributed by atoms with van der Waals surface area (Å²) in [6.07, 6.45) is -5.61.